The number of thioether (sulfide) groups is 1. The molecule has 0 amide bonds. The van der Waals surface area contributed by atoms with Gasteiger partial charge in [-0.2, -0.15) is 0 Å². The molecule has 0 saturated heterocycles. The first kappa shape index (κ1) is 14.5. The Kier molecular flexibility index (Phi) is 5.00. The fourth-order valence-electron chi connectivity index (χ4n) is 1.52. The van der Waals surface area contributed by atoms with Gasteiger partial charge in [0.1, 0.15) is 6.04 Å². The predicted molar refractivity (Wildman–Crippen MR) is 77.2 cm³/mol. The summed E-state index contributed by atoms with van der Waals surface area (Å²) < 4.78 is 0.888. The second-order valence-corrected chi connectivity index (χ2v) is 7.01. The molecule has 1 atom stereocenters. The minimum atomic E-state index is -0.765. The molecule has 8 heteroatoms. The van der Waals surface area contributed by atoms with Crippen LogP contribution in [-0.4, -0.2) is 53.2 Å². The lowest BCUT2D eigenvalue weighted by atomic mass is 10.2. The van der Waals surface area contributed by atoms with E-state index >= 15 is 0 Å². The number of rotatable bonds is 8. The molecule has 0 radical (unpaired) electrons. The molecule has 0 spiro atoms. The number of hydrogen-bond acceptors (Lipinski definition) is 7. The second-order valence-electron chi connectivity index (χ2n) is 4.71. The Bertz CT molecular complexity index is 434. The van der Waals surface area contributed by atoms with Crippen LogP contribution in [0.1, 0.15) is 19.3 Å². The third kappa shape index (κ3) is 4.63. The van der Waals surface area contributed by atoms with Gasteiger partial charge in [-0.25, -0.2) is 0 Å². The minimum Gasteiger partial charge on any atom is -0.480 e. The van der Waals surface area contributed by atoms with Crippen molar-refractivity contribution in [2.24, 2.45) is 0 Å². The van der Waals surface area contributed by atoms with Gasteiger partial charge in [-0.05, 0) is 19.3 Å². The van der Waals surface area contributed by atoms with Crippen LogP contribution in [0, 0.1) is 0 Å². The minimum absolute atomic E-state index is 0.410. The van der Waals surface area contributed by atoms with Crippen LogP contribution in [0.15, 0.2) is 4.34 Å². The van der Waals surface area contributed by atoms with Crippen LogP contribution in [0.2, 0.25) is 0 Å². The van der Waals surface area contributed by atoms with Gasteiger partial charge in [-0.15, -0.1) is 10.2 Å². The molecule has 1 heterocycles. The third-order valence-electron chi connectivity index (χ3n) is 2.72. The number of carbonyl (C=O) groups is 1. The molecule has 2 rings (SSSR count). The van der Waals surface area contributed by atoms with Gasteiger partial charge in [0.25, 0.3) is 0 Å². The molecule has 106 valence electrons. The third-order valence-corrected chi connectivity index (χ3v) is 4.98. The summed E-state index contributed by atoms with van der Waals surface area (Å²) in [5, 5.41) is 21.3. The normalized spacial score (nSPS) is 16.3. The molecule has 1 aliphatic carbocycles. The lowest BCUT2D eigenvalue weighted by Gasteiger charge is -2.12. The molecule has 1 unspecified atom stereocenters. The van der Waals surface area contributed by atoms with Crippen molar-refractivity contribution in [3.05, 3.63) is 0 Å². The first-order chi connectivity index (χ1) is 9.06. The highest BCUT2D eigenvalue weighted by Crippen LogP contribution is 2.28. The van der Waals surface area contributed by atoms with Crippen molar-refractivity contribution >= 4 is 34.2 Å². The molecule has 0 aromatic carbocycles. The lowest BCUT2D eigenvalue weighted by Crippen LogP contribution is -2.38. The van der Waals surface area contributed by atoms with Crippen molar-refractivity contribution in [2.45, 2.75) is 35.7 Å². The van der Waals surface area contributed by atoms with Crippen LogP contribution in [-0.2, 0) is 4.79 Å². The fraction of sp³-hybridized carbons (Fsp3) is 0.727. The lowest BCUT2D eigenvalue weighted by molar-refractivity contribution is -0.139. The molecular formula is C11H18N4O2S2. The summed E-state index contributed by atoms with van der Waals surface area (Å²) in [5.41, 5.74) is 0. The summed E-state index contributed by atoms with van der Waals surface area (Å²) in [6.07, 6.45) is 2.80. The number of nitrogens with zero attached hydrogens (tertiary/aromatic N) is 3. The Morgan fingerprint density at radius 2 is 2.32 bits per heavy atom. The zero-order valence-electron chi connectivity index (χ0n) is 11.0. The first-order valence-corrected chi connectivity index (χ1v) is 7.99. The summed E-state index contributed by atoms with van der Waals surface area (Å²) in [6.45, 7) is 0. The number of hydrogen-bond donors (Lipinski definition) is 2. The number of anilines is 1. The van der Waals surface area contributed by atoms with Crippen molar-refractivity contribution in [3.63, 3.8) is 0 Å². The van der Waals surface area contributed by atoms with Gasteiger partial charge < -0.3 is 15.3 Å². The van der Waals surface area contributed by atoms with Crippen molar-refractivity contribution in [1.82, 2.24) is 15.5 Å². The van der Waals surface area contributed by atoms with Gasteiger partial charge in [0.2, 0.25) is 5.13 Å². The van der Waals surface area contributed by atoms with Crippen LogP contribution < -0.4 is 10.2 Å². The van der Waals surface area contributed by atoms with Crippen molar-refractivity contribution in [2.75, 3.05) is 24.7 Å². The molecule has 2 N–H and O–H groups in total. The summed E-state index contributed by atoms with van der Waals surface area (Å²) in [6, 6.07) is -0.0331. The van der Waals surface area contributed by atoms with Crippen LogP contribution >= 0.6 is 23.1 Å². The fourth-order valence-corrected chi connectivity index (χ4v) is 3.36. The van der Waals surface area contributed by atoms with E-state index in [2.05, 4.69) is 15.5 Å². The zero-order valence-corrected chi connectivity index (χ0v) is 12.6. The number of aliphatic carboxylic acids is 1. The van der Waals surface area contributed by atoms with E-state index < -0.39 is 12.0 Å². The maximum Gasteiger partial charge on any atom is 0.320 e. The highest BCUT2D eigenvalue weighted by atomic mass is 32.2. The number of nitrogens with one attached hydrogen (secondary N) is 1. The molecule has 19 heavy (non-hydrogen) atoms. The van der Waals surface area contributed by atoms with Gasteiger partial charge in [0, 0.05) is 25.9 Å². The standard InChI is InChI=1S/C11H18N4O2S2/c1-15(2)10-13-14-11(19-10)18-6-5-8(9(16)17)12-7-3-4-7/h7-8,12H,3-6H2,1-2H3,(H,16,17). The second kappa shape index (κ2) is 6.53. The van der Waals surface area contributed by atoms with Crippen molar-refractivity contribution in [3.8, 4) is 0 Å². The molecule has 1 aromatic rings. The Labute approximate surface area is 120 Å². The van der Waals surface area contributed by atoms with E-state index in [1.807, 2.05) is 19.0 Å². The Morgan fingerprint density at radius 3 is 2.84 bits per heavy atom. The first-order valence-electron chi connectivity index (χ1n) is 6.18. The molecule has 6 nitrogen and oxygen atoms in total. The van der Waals surface area contributed by atoms with Gasteiger partial charge in [0.05, 0.1) is 0 Å². The van der Waals surface area contributed by atoms with Crippen molar-refractivity contribution in [1.29, 1.82) is 0 Å². The van der Waals surface area contributed by atoms with Crippen LogP contribution in [0.3, 0.4) is 0 Å². The Hall–Kier alpha value is -0.860. The predicted octanol–water partition coefficient (Wildman–Crippen LogP) is 1.29. The maximum absolute atomic E-state index is 11.1. The summed E-state index contributed by atoms with van der Waals surface area (Å²) >= 11 is 3.09. The number of aromatic nitrogens is 2. The maximum atomic E-state index is 11.1. The van der Waals surface area contributed by atoms with Crippen LogP contribution in [0.4, 0.5) is 5.13 Å². The van der Waals surface area contributed by atoms with Crippen LogP contribution in [0.25, 0.3) is 0 Å². The average molecular weight is 302 g/mol. The summed E-state index contributed by atoms with van der Waals surface area (Å²) in [7, 11) is 3.85. The molecule has 1 saturated carbocycles. The van der Waals surface area contributed by atoms with E-state index in [4.69, 9.17) is 5.11 Å². The SMILES string of the molecule is CN(C)c1nnc(SCCC(NC2CC2)C(=O)O)s1. The molecular weight excluding hydrogens is 284 g/mol. The topological polar surface area (TPSA) is 78.4 Å². The molecule has 1 aliphatic rings. The quantitative estimate of drug-likeness (QED) is 0.701. The van der Waals surface area contributed by atoms with Gasteiger partial charge in [-0.1, -0.05) is 23.1 Å². The highest BCUT2D eigenvalue weighted by molar-refractivity contribution is 8.01. The Balaban J connectivity index is 1.75. The Morgan fingerprint density at radius 1 is 1.58 bits per heavy atom. The molecule has 1 fully saturated rings. The van der Waals surface area contributed by atoms with Gasteiger partial charge in [-0.3, -0.25) is 4.79 Å². The van der Waals surface area contributed by atoms with Crippen molar-refractivity contribution < 1.29 is 9.90 Å². The summed E-state index contributed by atoms with van der Waals surface area (Å²) in [4.78, 5) is 13.0. The van der Waals surface area contributed by atoms with E-state index in [1.165, 1.54) is 11.3 Å². The largest absolute Gasteiger partial charge is 0.480 e. The van der Waals surface area contributed by atoms with E-state index in [9.17, 15) is 4.79 Å². The zero-order chi connectivity index (χ0) is 13.8. The molecule has 0 bridgehead atoms. The van der Waals surface area contributed by atoms with E-state index in [1.54, 1.807) is 11.8 Å². The summed E-state index contributed by atoms with van der Waals surface area (Å²) in [5.74, 6) is -0.0302. The number of carboxylic acid groups (broad SMARTS) is 1. The van der Waals surface area contributed by atoms with E-state index in [0.717, 1.165) is 28.1 Å². The monoisotopic (exact) mass is 302 g/mol. The van der Waals surface area contributed by atoms with Crippen LogP contribution in [0.5, 0.6) is 0 Å². The van der Waals surface area contributed by atoms with Gasteiger partial charge in [0.15, 0.2) is 4.34 Å². The highest BCUT2D eigenvalue weighted by Gasteiger charge is 2.27. The average Bonchev–Trinajstić information content (AvgIpc) is 3.03. The van der Waals surface area contributed by atoms with Gasteiger partial charge >= 0.3 is 5.97 Å². The smallest absolute Gasteiger partial charge is 0.320 e. The van der Waals surface area contributed by atoms with E-state index in [-0.39, 0.29) is 0 Å². The molecule has 1 aromatic heterocycles. The number of carboxylic acids is 1. The van der Waals surface area contributed by atoms with E-state index in [0.29, 0.717) is 12.5 Å². The molecule has 0 aliphatic heterocycles.